The molecule has 94 valence electrons. The summed E-state index contributed by atoms with van der Waals surface area (Å²) in [5.41, 5.74) is 2.41. The van der Waals surface area contributed by atoms with E-state index in [1.807, 2.05) is 18.2 Å². The van der Waals surface area contributed by atoms with Gasteiger partial charge in [0.25, 0.3) is 0 Å². The first kappa shape index (κ1) is 12.6. The monoisotopic (exact) mass is 253 g/mol. The van der Waals surface area contributed by atoms with Crippen molar-refractivity contribution in [3.8, 4) is 0 Å². The molecule has 0 spiro atoms. The summed E-state index contributed by atoms with van der Waals surface area (Å²) in [4.78, 5) is 0. The molecule has 0 saturated heterocycles. The Labute approximate surface area is 103 Å². The Balaban J connectivity index is 2.36. The van der Waals surface area contributed by atoms with E-state index in [-0.39, 0.29) is 17.2 Å². The summed E-state index contributed by atoms with van der Waals surface area (Å²) in [6, 6.07) is 8.01. The molecule has 1 aliphatic carbocycles. The highest BCUT2D eigenvalue weighted by molar-refractivity contribution is 7.89. The average Bonchev–Trinajstić information content (AvgIpc) is 2.51. The maximum Gasteiger partial charge on any atom is 0.211 e. The summed E-state index contributed by atoms with van der Waals surface area (Å²) in [5.74, 6) is 0.131. The van der Waals surface area contributed by atoms with Crippen molar-refractivity contribution >= 4 is 10.0 Å². The Morgan fingerprint density at radius 1 is 1.35 bits per heavy atom. The van der Waals surface area contributed by atoms with Crippen molar-refractivity contribution < 1.29 is 8.42 Å². The second-order valence-electron chi connectivity index (χ2n) is 5.25. The molecule has 0 saturated carbocycles. The minimum absolute atomic E-state index is 0.0392. The van der Waals surface area contributed by atoms with Gasteiger partial charge >= 0.3 is 0 Å². The van der Waals surface area contributed by atoms with Crippen LogP contribution in [0, 0.1) is 0 Å². The SMILES string of the molecule is CCS(=O)(=O)NC1CC(C)(C)c2ccccc21. The van der Waals surface area contributed by atoms with Crippen LogP contribution in [-0.2, 0) is 15.4 Å². The lowest BCUT2D eigenvalue weighted by Gasteiger charge is -2.19. The van der Waals surface area contributed by atoms with Gasteiger partial charge in [0.2, 0.25) is 10.0 Å². The molecule has 1 unspecified atom stereocenters. The lowest BCUT2D eigenvalue weighted by molar-refractivity contribution is 0.459. The number of benzene rings is 1. The van der Waals surface area contributed by atoms with E-state index >= 15 is 0 Å². The first-order valence-corrected chi connectivity index (χ1v) is 7.60. The van der Waals surface area contributed by atoms with E-state index in [0.717, 1.165) is 12.0 Å². The van der Waals surface area contributed by atoms with Gasteiger partial charge in [-0.2, -0.15) is 0 Å². The number of sulfonamides is 1. The second-order valence-corrected chi connectivity index (χ2v) is 7.29. The first-order valence-electron chi connectivity index (χ1n) is 5.95. The van der Waals surface area contributed by atoms with Crippen molar-refractivity contribution in [1.29, 1.82) is 0 Å². The minimum Gasteiger partial charge on any atom is -0.212 e. The predicted octanol–water partition coefficient (Wildman–Crippen LogP) is 2.35. The van der Waals surface area contributed by atoms with Crippen molar-refractivity contribution in [3.63, 3.8) is 0 Å². The molecule has 4 heteroatoms. The van der Waals surface area contributed by atoms with Crippen molar-refractivity contribution in [2.45, 2.75) is 38.6 Å². The van der Waals surface area contributed by atoms with Crippen molar-refractivity contribution in [1.82, 2.24) is 4.72 Å². The molecule has 0 fully saturated rings. The number of hydrogen-bond acceptors (Lipinski definition) is 2. The van der Waals surface area contributed by atoms with Gasteiger partial charge in [0.05, 0.1) is 5.75 Å². The van der Waals surface area contributed by atoms with Crippen LogP contribution in [0.3, 0.4) is 0 Å². The maximum atomic E-state index is 11.7. The lowest BCUT2D eigenvalue weighted by Crippen LogP contribution is -2.29. The molecule has 1 atom stereocenters. The van der Waals surface area contributed by atoms with Crippen LogP contribution in [0.2, 0.25) is 0 Å². The summed E-state index contributed by atoms with van der Waals surface area (Å²) in [7, 11) is -3.15. The van der Waals surface area contributed by atoms with Crippen LogP contribution in [0.15, 0.2) is 24.3 Å². The first-order chi connectivity index (χ1) is 7.86. The summed E-state index contributed by atoms with van der Waals surface area (Å²) in [6.07, 6.45) is 0.825. The molecule has 1 N–H and O–H groups in total. The van der Waals surface area contributed by atoms with Gasteiger partial charge in [-0.15, -0.1) is 0 Å². The van der Waals surface area contributed by atoms with E-state index in [4.69, 9.17) is 0 Å². The Morgan fingerprint density at radius 2 is 2.00 bits per heavy atom. The third-order valence-electron chi connectivity index (χ3n) is 3.48. The molecule has 0 radical (unpaired) electrons. The topological polar surface area (TPSA) is 46.2 Å². The van der Waals surface area contributed by atoms with E-state index in [1.165, 1.54) is 5.56 Å². The molecule has 0 bridgehead atoms. The van der Waals surface area contributed by atoms with Crippen LogP contribution in [0.4, 0.5) is 0 Å². The molecule has 3 nitrogen and oxygen atoms in total. The normalized spacial score (nSPS) is 22.4. The van der Waals surface area contributed by atoms with Gasteiger partial charge in [0.15, 0.2) is 0 Å². The van der Waals surface area contributed by atoms with Crippen LogP contribution >= 0.6 is 0 Å². The molecule has 0 amide bonds. The van der Waals surface area contributed by atoms with Crippen LogP contribution in [-0.4, -0.2) is 14.2 Å². The fourth-order valence-electron chi connectivity index (χ4n) is 2.55. The van der Waals surface area contributed by atoms with Crippen molar-refractivity contribution in [2.24, 2.45) is 0 Å². The highest BCUT2D eigenvalue weighted by Gasteiger charge is 2.37. The number of nitrogens with one attached hydrogen (secondary N) is 1. The van der Waals surface area contributed by atoms with Crippen LogP contribution in [0.1, 0.15) is 44.4 Å². The number of hydrogen-bond donors (Lipinski definition) is 1. The quantitative estimate of drug-likeness (QED) is 0.898. The summed E-state index contributed by atoms with van der Waals surface area (Å²) in [5, 5.41) is 0. The standard InChI is InChI=1S/C13H19NO2S/c1-4-17(15,16)14-12-9-13(2,3)11-8-6-5-7-10(11)12/h5-8,12,14H,4,9H2,1-3H3. The van der Waals surface area contributed by atoms with Crippen molar-refractivity contribution in [3.05, 3.63) is 35.4 Å². The maximum absolute atomic E-state index is 11.7. The van der Waals surface area contributed by atoms with E-state index in [9.17, 15) is 8.42 Å². The average molecular weight is 253 g/mol. The predicted molar refractivity (Wildman–Crippen MR) is 69.4 cm³/mol. The zero-order chi connectivity index (χ0) is 12.7. The van der Waals surface area contributed by atoms with Crippen LogP contribution in [0.5, 0.6) is 0 Å². The molecular weight excluding hydrogens is 234 g/mol. The van der Waals surface area contributed by atoms with Crippen LogP contribution < -0.4 is 4.72 Å². The van der Waals surface area contributed by atoms with E-state index in [0.29, 0.717) is 0 Å². The zero-order valence-corrected chi connectivity index (χ0v) is 11.3. The van der Waals surface area contributed by atoms with E-state index in [2.05, 4.69) is 24.6 Å². The van der Waals surface area contributed by atoms with Gasteiger partial charge < -0.3 is 0 Å². The molecule has 0 aromatic heterocycles. The molecule has 0 heterocycles. The Morgan fingerprint density at radius 3 is 2.65 bits per heavy atom. The molecule has 1 aliphatic rings. The van der Waals surface area contributed by atoms with E-state index in [1.54, 1.807) is 6.92 Å². The Hall–Kier alpha value is -0.870. The van der Waals surface area contributed by atoms with Gasteiger partial charge in [-0.25, -0.2) is 13.1 Å². The van der Waals surface area contributed by atoms with Gasteiger partial charge in [-0.3, -0.25) is 0 Å². The Bertz CT molecular complexity index is 520. The van der Waals surface area contributed by atoms with Crippen molar-refractivity contribution in [2.75, 3.05) is 5.75 Å². The summed E-state index contributed by atoms with van der Waals surface area (Å²) < 4.78 is 26.1. The fraction of sp³-hybridized carbons (Fsp3) is 0.538. The van der Waals surface area contributed by atoms with Gasteiger partial charge in [-0.1, -0.05) is 38.1 Å². The largest absolute Gasteiger partial charge is 0.212 e. The fourth-order valence-corrected chi connectivity index (χ4v) is 3.36. The van der Waals surface area contributed by atoms with E-state index < -0.39 is 10.0 Å². The number of rotatable bonds is 3. The third kappa shape index (κ3) is 2.38. The van der Waals surface area contributed by atoms with Crippen LogP contribution in [0.25, 0.3) is 0 Å². The highest BCUT2D eigenvalue weighted by Crippen LogP contribution is 2.44. The lowest BCUT2D eigenvalue weighted by atomic mass is 9.87. The highest BCUT2D eigenvalue weighted by atomic mass is 32.2. The van der Waals surface area contributed by atoms with Gasteiger partial charge in [-0.05, 0) is 29.9 Å². The van der Waals surface area contributed by atoms with Gasteiger partial charge in [0, 0.05) is 6.04 Å². The smallest absolute Gasteiger partial charge is 0.211 e. The third-order valence-corrected chi connectivity index (χ3v) is 4.89. The molecule has 1 aromatic rings. The minimum atomic E-state index is -3.15. The molecule has 1 aromatic carbocycles. The molecule has 2 rings (SSSR count). The molecule has 17 heavy (non-hydrogen) atoms. The summed E-state index contributed by atoms with van der Waals surface area (Å²) in [6.45, 7) is 5.98. The van der Waals surface area contributed by atoms with Gasteiger partial charge in [0.1, 0.15) is 0 Å². The molecular formula is C13H19NO2S. The zero-order valence-electron chi connectivity index (χ0n) is 10.5. The summed E-state index contributed by atoms with van der Waals surface area (Å²) >= 11 is 0. The Kier molecular flexibility index (Phi) is 3.04. The second kappa shape index (κ2) is 4.10. The number of fused-ring (bicyclic) bond motifs is 1. The molecule has 0 aliphatic heterocycles.